The van der Waals surface area contributed by atoms with Gasteiger partial charge < -0.3 is 15.2 Å². The molecule has 0 radical (unpaired) electrons. The number of ether oxygens (including phenoxy) is 2. The third-order valence-electron chi connectivity index (χ3n) is 6.03. The lowest BCUT2D eigenvalue weighted by Gasteiger charge is -2.28. The molecule has 0 fully saturated rings. The Kier molecular flexibility index (Phi) is 5.59. The van der Waals surface area contributed by atoms with E-state index < -0.39 is 0 Å². The van der Waals surface area contributed by atoms with Crippen molar-refractivity contribution in [2.45, 2.75) is 38.0 Å². The second kappa shape index (κ2) is 8.83. The normalized spacial score (nSPS) is 16.4. The highest BCUT2D eigenvalue weighted by Gasteiger charge is 2.23. The summed E-state index contributed by atoms with van der Waals surface area (Å²) in [5, 5.41) is 2.47. The molecule has 1 aliphatic rings. The Morgan fingerprint density at radius 3 is 2.55 bits per heavy atom. The summed E-state index contributed by atoms with van der Waals surface area (Å²) in [6.45, 7) is 0.551. The van der Waals surface area contributed by atoms with Crippen molar-refractivity contribution < 1.29 is 9.47 Å². The third kappa shape index (κ3) is 4.57. The molecular formula is C28H27NO2. The summed E-state index contributed by atoms with van der Waals surface area (Å²) < 4.78 is 12.3. The summed E-state index contributed by atoms with van der Waals surface area (Å²) in [6, 6.07) is 31.2. The maximum atomic E-state index is 6.57. The van der Waals surface area contributed by atoms with Crippen LogP contribution in [0.1, 0.15) is 35.6 Å². The van der Waals surface area contributed by atoms with Gasteiger partial charge in [-0.05, 0) is 52.4 Å². The van der Waals surface area contributed by atoms with Crippen molar-refractivity contribution in [1.82, 2.24) is 0 Å². The van der Waals surface area contributed by atoms with Crippen molar-refractivity contribution in [3.63, 3.8) is 0 Å². The lowest BCUT2D eigenvalue weighted by molar-refractivity contribution is 0.154. The molecule has 0 spiro atoms. The number of rotatable bonds is 6. The fourth-order valence-electron chi connectivity index (χ4n) is 4.26. The summed E-state index contributed by atoms with van der Waals surface area (Å²) in [5.41, 5.74) is 10.1. The minimum Gasteiger partial charge on any atom is -0.490 e. The molecule has 0 amide bonds. The Morgan fingerprint density at radius 2 is 1.68 bits per heavy atom. The smallest absolute Gasteiger partial charge is 0.126 e. The van der Waals surface area contributed by atoms with E-state index in [0.717, 1.165) is 41.9 Å². The van der Waals surface area contributed by atoms with Crippen molar-refractivity contribution in [3.8, 4) is 11.5 Å². The second-order valence-electron chi connectivity index (χ2n) is 8.27. The first-order valence-electron chi connectivity index (χ1n) is 11.0. The molecule has 0 bridgehead atoms. The molecule has 2 atom stereocenters. The average Bonchev–Trinajstić information content (AvgIpc) is 2.83. The molecule has 0 saturated heterocycles. The predicted octanol–water partition coefficient (Wildman–Crippen LogP) is 6.20. The van der Waals surface area contributed by atoms with Crippen molar-refractivity contribution in [3.05, 3.63) is 108 Å². The fraction of sp³-hybridized carbons (Fsp3) is 0.214. The van der Waals surface area contributed by atoms with Crippen molar-refractivity contribution in [1.29, 1.82) is 0 Å². The van der Waals surface area contributed by atoms with Crippen molar-refractivity contribution in [2.24, 2.45) is 5.73 Å². The van der Waals surface area contributed by atoms with Gasteiger partial charge in [-0.1, -0.05) is 72.8 Å². The van der Waals surface area contributed by atoms with Gasteiger partial charge in [0.1, 0.15) is 24.2 Å². The number of fused-ring (bicyclic) bond motifs is 2. The minimum absolute atomic E-state index is 0.0475. The predicted molar refractivity (Wildman–Crippen MR) is 125 cm³/mol. The number of hydrogen-bond donors (Lipinski definition) is 1. The van der Waals surface area contributed by atoms with Gasteiger partial charge in [-0.15, -0.1) is 0 Å². The number of nitrogens with two attached hydrogens (primary N) is 1. The van der Waals surface area contributed by atoms with Crippen LogP contribution in [0.25, 0.3) is 10.8 Å². The SMILES string of the molecule is NC(CC1CCc2ccc(OCc3ccccc3)cc2O1)c1ccc2ccccc2c1. The number of aryl methyl sites for hydroxylation is 1. The van der Waals surface area contributed by atoms with E-state index in [9.17, 15) is 0 Å². The molecule has 4 aromatic rings. The Hall–Kier alpha value is -3.30. The minimum atomic E-state index is -0.0475. The molecule has 31 heavy (non-hydrogen) atoms. The highest BCUT2D eigenvalue weighted by molar-refractivity contribution is 5.83. The Morgan fingerprint density at radius 1 is 0.871 bits per heavy atom. The average molecular weight is 410 g/mol. The molecule has 1 heterocycles. The van der Waals surface area contributed by atoms with Crippen LogP contribution in [-0.2, 0) is 13.0 Å². The molecule has 4 aromatic carbocycles. The van der Waals surface area contributed by atoms with Crippen LogP contribution < -0.4 is 15.2 Å². The van der Waals surface area contributed by atoms with Crippen LogP contribution in [0.3, 0.4) is 0 Å². The van der Waals surface area contributed by atoms with Crippen LogP contribution in [0.5, 0.6) is 11.5 Å². The van der Waals surface area contributed by atoms with Crippen LogP contribution in [0.4, 0.5) is 0 Å². The maximum Gasteiger partial charge on any atom is 0.126 e. The lowest BCUT2D eigenvalue weighted by Crippen LogP contribution is -2.27. The quantitative estimate of drug-likeness (QED) is 0.412. The Bertz CT molecular complexity index is 1170. The number of benzene rings is 4. The fourth-order valence-corrected chi connectivity index (χ4v) is 4.26. The Labute approximate surface area is 183 Å². The van der Waals surface area contributed by atoms with Crippen LogP contribution in [0.15, 0.2) is 91.0 Å². The Balaban J connectivity index is 1.24. The van der Waals surface area contributed by atoms with Gasteiger partial charge in [0.15, 0.2) is 0 Å². The highest BCUT2D eigenvalue weighted by Crippen LogP contribution is 2.34. The summed E-state index contributed by atoms with van der Waals surface area (Å²) >= 11 is 0. The zero-order valence-corrected chi connectivity index (χ0v) is 17.5. The van der Waals surface area contributed by atoms with Gasteiger partial charge in [-0.2, -0.15) is 0 Å². The molecule has 0 saturated carbocycles. The second-order valence-corrected chi connectivity index (χ2v) is 8.27. The van der Waals surface area contributed by atoms with Crippen LogP contribution >= 0.6 is 0 Å². The summed E-state index contributed by atoms with van der Waals surface area (Å²) in [7, 11) is 0. The molecule has 3 heteroatoms. The molecule has 156 valence electrons. The van der Waals surface area contributed by atoms with E-state index in [4.69, 9.17) is 15.2 Å². The summed E-state index contributed by atoms with van der Waals surface area (Å²) in [5.74, 6) is 1.76. The van der Waals surface area contributed by atoms with Crippen molar-refractivity contribution in [2.75, 3.05) is 0 Å². The third-order valence-corrected chi connectivity index (χ3v) is 6.03. The molecule has 2 N–H and O–H groups in total. The highest BCUT2D eigenvalue weighted by atomic mass is 16.5. The topological polar surface area (TPSA) is 44.5 Å². The van der Waals surface area contributed by atoms with E-state index >= 15 is 0 Å². The van der Waals surface area contributed by atoms with Gasteiger partial charge in [0.2, 0.25) is 0 Å². The molecule has 2 unspecified atom stereocenters. The summed E-state index contributed by atoms with van der Waals surface area (Å²) in [6.07, 6.45) is 2.90. The van der Waals surface area contributed by atoms with Gasteiger partial charge in [0, 0.05) is 18.5 Å². The van der Waals surface area contributed by atoms with E-state index in [1.54, 1.807) is 0 Å². The summed E-state index contributed by atoms with van der Waals surface area (Å²) in [4.78, 5) is 0. The standard InChI is InChI=1S/C28H27NO2/c29-27(24-11-10-21-8-4-5-9-23(21)16-24)17-26-15-13-22-12-14-25(18-28(22)31-26)30-19-20-6-2-1-3-7-20/h1-12,14,16,18,26-27H,13,15,17,19,29H2. The first-order chi connectivity index (χ1) is 15.2. The lowest BCUT2D eigenvalue weighted by atomic mass is 9.94. The molecular weight excluding hydrogens is 382 g/mol. The van der Waals surface area contributed by atoms with Crippen molar-refractivity contribution >= 4 is 10.8 Å². The first-order valence-corrected chi connectivity index (χ1v) is 11.0. The van der Waals surface area contributed by atoms with Crippen LogP contribution in [0, 0.1) is 0 Å². The molecule has 5 rings (SSSR count). The zero-order valence-electron chi connectivity index (χ0n) is 17.5. The molecule has 0 aromatic heterocycles. The van der Waals surface area contributed by atoms with E-state index in [-0.39, 0.29) is 12.1 Å². The van der Waals surface area contributed by atoms with Gasteiger partial charge in [0.05, 0.1) is 0 Å². The number of hydrogen-bond acceptors (Lipinski definition) is 3. The maximum absolute atomic E-state index is 6.57. The van der Waals surface area contributed by atoms with Crippen LogP contribution in [-0.4, -0.2) is 6.10 Å². The van der Waals surface area contributed by atoms with E-state index in [2.05, 4.69) is 60.7 Å². The zero-order chi connectivity index (χ0) is 21.0. The van der Waals surface area contributed by atoms with Gasteiger partial charge >= 0.3 is 0 Å². The van der Waals surface area contributed by atoms with Gasteiger partial charge in [0.25, 0.3) is 0 Å². The molecule has 1 aliphatic heterocycles. The van der Waals surface area contributed by atoms with Gasteiger partial charge in [-0.3, -0.25) is 0 Å². The van der Waals surface area contributed by atoms with Gasteiger partial charge in [-0.25, -0.2) is 0 Å². The molecule has 0 aliphatic carbocycles. The molecule has 3 nitrogen and oxygen atoms in total. The first kappa shape index (κ1) is 19.7. The van der Waals surface area contributed by atoms with Crippen LogP contribution in [0.2, 0.25) is 0 Å². The van der Waals surface area contributed by atoms with E-state index in [0.29, 0.717) is 6.61 Å². The monoisotopic (exact) mass is 409 g/mol. The largest absolute Gasteiger partial charge is 0.490 e. The van der Waals surface area contributed by atoms with E-state index in [1.807, 2.05) is 30.3 Å². The van der Waals surface area contributed by atoms with E-state index in [1.165, 1.54) is 16.3 Å².